The Morgan fingerprint density at radius 3 is 2.12 bits per heavy atom. The smallest absolute Gasteiger partial charge is 0.305 e. The average molecular weight is 767 g/mol. The molecule has 0 spiro atoms. The van der Waals surface area contributed by atoms with Gasteiger partial charge in [0.2, 0.25) is 0 Å². The van der Waals surface area contributed by atoms with Gasteiger partial charge < -0.3 is 37.3 Å². The number of aldehydes is 1. The summed E-state index contributed by atoms with van der Waals surface area (Å²) in [7, 11) is -1.08. The van der Waals surface area contributed by atoms with Gasteiger partial charge in [-0.2, -0.15) is 0 Å². The van der Waals surface area contributed by atoms with Crippen molar-refractivity contribution in [1.29, 1.82) is 0 Å². The number of esters is 1. The monoisotopic (exact) mass is 766 g/mol. The number of carbonyl (C=O) groups is 2. The fraction of sp³-hybridized carbons (Fsp3) is 0.854. The number of rotatable bonds is 18. The van der Waals surface area contributed by atoms with E-state index in [2.05, 4.69) is 87.8 Å². The zero-order valence-electron chi connectivity index (χ0n) is 35.0. The van der Waals surface area contributed by atoms with E-state index in [1.807, 2.05) is 0 Å². The predicted molar refractivity (Wildman–Crippen MR) is 213 cm³/mol. The van der Waals surface area contributed by atoms with Crippen molar-refractivity contribution in [1.82, 2.24) is 0 Å². The molecule has 8 unspecified atom stereocenters. The number of hydrogen-bond donors (Lipinski definition) is 0. The van der Waals surface area contributed by atoms with Crippen LogP contribution in [0.2, 0.25) is 36.3 Å². The van der Waals surface area contributed by atoms with E-state index in [4.69, 9.17) is 32.5 Å². The quantitative estimate of drug-likeness (QED) is 0.0586. The second-order valence-electron chi connectivity index (χ2n) is 18.8. The largest absolute Gasteiger partial charge is 0.469 e. The summed E-state index contributed by atoms with van der Waals surface area (Å²) < 4.78 is 45.2. The molecule has 9 nitrogen and oxygen atoms in total. The molecular formula is C41H74O9Si2. The number of methoxy groups -OCH3 is 2. The summed E-state index contributed by atoms with van der Waals surface area (Å²) >= 11 is 0. The summed E-state index contributed by atoms with van der Waals surface area (Å²) in [6, 6.07) is 0. The SMILES string of the molecule is C=C1CC(CCC=O)OC1CCC1CC(C)C(=C)C(CC2O[C@H](CC(CO[Si](C)(C)C(C)(C)C)O[Si](C)(C)C(C)(C)C)[C@H](OC)C2CC(=O)OC)O1. The van der Waals surface area contributed by atoms with Crippen molar-refractivity contribution in [2.24, 2.45) is 11.8 Å². The molecule has 3 saturated heterocycles. The molecule has 52 heavy (non-hydrogen) atoms. The van der Waals surface area contributed by atoms with Crippen molar-refractivity contribution in [2.75, 3.05) is 20.8 Å². The highest BCUT2D eigenvalue weighted by atomic mass is 28.4. The normalized spacial score (nSPS) is 31.2. The Bertz CT molecular complexity index is 1210. The third-order valence-corrected chi connectivity index (χ3v) is 21.9. The lowest BCUT2D eigenvalue weighted by atomic mass is 9.82. The first-order chi connectivity index (χ1) is 24.0. The second-order valence-corrected chi connectivity index (χ2v) is 28.4. The summed E-state index contributed by atoms with van der Waals surface area (Å²) in [6.45, 7) is 34.1. The van der Waals surface area contributed by atoms with Crippen LogP contribution < -0.4 is 0 Å². The summed E-state index contributed by atoms with van der Waals surface area (Å²) in [5, 5.41) is 0.0929. The van der Waals surface area contributed by atoms with Gasteiger partial charge in [0.15, 0.2) is 16.6 Å². The molecule has 0 aliphatic carbocycles. The molecule has 0 radical (unpaired) electrons. The van der Waals surface area contributed by atoms with Gasteiger partial charge in [-0.15, -0.1) is 0 Å². The van der Waals surface area contributed by atoms with Crippen molar-refractivity contribution in [3.8, 4) is 0 Å². The van der Waals surface area contributed by atoms with Gasteiger partial charge in [-0.3, -0.25) is 4.79 Å². The van der Waals surface area contributed by atoms with Crippen LogP contribution in [0.25, 0.3) is 0 Å². The highest BCUT2D eigenvalue weighted by Gasteiger charge is 2.50. The van der Waals surface area contributed by atoms with Crippen LogP contribution in [0.1, 0.15) is 106 Å². The van der Waals surface area contributed by atoms with Crippen LogP contribution in [-0.4, -0.2) is 98.5 Å². The molecule has 0 aromatic rings. The Morgan fingerprint density at radius 1 is 0.904 bits per heavy atom. The maximum absolute atomic E-state index is 12.8. The van der Waals surface area contributed by atoms with Gasteiger partial charge in [-0.25, -0.2) is 0 Å². The van der Waals surface area contributed by atoms with E-state index in [9.17, 15) is 9.59 Å². The summed E-state index contributed by atoms with van der Waals surface area (Å²) in [5.41, 5.74) is 2.17. The van der Waals surface area contributed by atoms with Crippen LogP contribution in [-0.2, 0) is 42.1 Å². The van der Waals surface area contributed by atoms with Crippen LogP contribution in [0.3, 0.4) is 0 Å². The molecule has 0 saturated carbocycles. The van der Waals surface area contributed by atoms with Gasteiger partial charge >= 0.3 is 5.97 Å². The van der Waals surface area contributed by atoms with Gasteiger partial charge in [0.05, 0.1) is 69.0 Å². The first-order valence-corrected chi connectivity index (χ1v) is 25.5. The summed E-state index contributed by atoms with van der Waals surface area (Å²) in [5.74, 6) is -0.224. The van der Waals surface area contributed by atoms with Gasteiger partial charge in [0, 0.05) is 32.3 Å². The fourth-order valence-electron chi connectivity index (χ4n) is 7.36. The van der Waals surface area contributed by atoms with E-state index < -0.39 is 16.6 Å². The lowest BCUT2D eigenvalue weighted by Crippen LogP contribution is -2.49. The minimum atomic E-state index is -2.17. The standard InChI is InChI=1S/C41H74O9Si2/c1-27-21-31(18-19-34-28(2)22-30(47-34)17-16-20-42)48-35(29(27)3)25-36-33(24-38(43)44-10)39(45-11)37(49-36)23-32(50-52(14,15)41(7,8)9)26-46-51(12,13)40(4,5)6/h20,27,30-37,39H,2-3,16-19,21-26H2,1,4-15H3/t27?,30?,31?,32?,33?,34?,35?,36?,37-,39-/m1/s1. The first-order valence-electron chi connectivity index (χ1n) is 19.7. The van der Waals surface area contributed by atoms with Crippen LogP contribution in [0.5, 0.6) is 0 Å². The Kier molecular flexibility index (Phi) is 16.2. The average Bonchev–Trinajstić information content (AvgIpc) is 3.56. The Balaban J connectivity index is 1.80. The number of ether oxygens (including phenoxy) is 5. The molecule has 3 fully saturated rings. The third kappa shape index (κ3) is 11.9. The Morgan fingerprint density at radius 2 is 1.54 bits per heavy atom. The predicted octanol–water partition coefficient (Wildman–Crippen LogP) is 8.96. The highest BCUT2D eigenvalue weighted by Crippen LogP contribution is 2.44. The van der Waals surface area contributed by atoms with Crippen molar-refractivity contribution in [2.45, 2.75) is 191 Å². The van der Waals surface area contributed by atoms with Gasteiger partial charge in [-0.05, 0) is 85.4 Å². The van der Waals surface area contributed by atoms with E-state index in [-0.39, 0.29) is 83.1 Å². The van der Waals surface area contributed by atoms with Crippen LogP contribution in [0, 0.1) is 11.8 Å². The molecule has 3 aliphatic heterocycles. The van der Waals surface area contributed by atoms with Crippen LogP contribution >= 0.6 is 0 Å². The zero-order chi connectivity index (χ0) is 39.2. The first kappa shape index (κ1) is 45.2. The minimum absolute atomic E-state index is 0.00735. The van der Waals surface area contributed by atoms with Crippen molar-refractivity contribution in [3.05, 3.63) is 24.3 Å². The van der Waals surface area contributed by atoms with E-state index in [0.717, 1.165) is 49.5 Å². The van der Waals surface area contributed by atoms with Gasteiger partial charge in [0.1, 0.15) is 6.29 Å². The molecule has 3 heterocycles. The minimum Gasteiger partial charge on any atom is -0.469 e. The maximum atomic E-state index is 12.8. The van der Waals surface area contributed by atoms with Crippen LogP contribution in [0.15, 0.2) is 24.3 Å². The number of carbonyl (C=O) groups excluding carboxylic acids is 2. The van der Waals surface area contributed by atoms with Gasteiger partial charge in [0.25, 0.3) is 0 Å². The van der Waals surface area contributed by atoms with Gasteiger partial charge in [-0.1, -0.05) is 61.6 Å². The van der Waals surface area contributed by atoms with E-state index >= 15 is 0 Å². The fourth-order valence-corrected chi connectivity index (χ4v) is 9.74. The molecule has 0 amide bonds. The number of hydrogen-bond acceptors (Lipinski definition) is 9. The zero-order valence-corrected chi connectivity index (χ0v) is 37.0. The Hall–Kier alpha value is -1.19. The molecule has 0 aromatic heterocycles. The molecule has 0 N–H and O–H groups in total. The lowest BCUT2D eigenvalue weighted by molar-refractivity contribution is -0.143. The lowest BCUT2D eigenvalue weighted by Gasteiger charge is -2.42. The molecule has 3 aliphatic rings. The van der Waals surface area contributed by atoms with E-state index in [1.54, 1.807) is 7.11 Å². The summed E-state index contributed by atoms with van der Waals surface area (Å²) in [4.78, 5) is 23.7. The molecule has 3 rings (SSSR count). The van der Waals surface area contributed by atoms with Crippen molar-refractivity contribution in [3.63, 3.8) is 0 Å². The van der Waals surface area contributed by atoms with Crippen LogP contribution in [0.4, 0.5) is 0 Å². The molecule has 300 valence electrons. The molecular weight excluding hydrogens is 693 g/mol. The highest BCUT2D eigenvalue weighted by molar-refractivity contribution is 6.74. The second kappa shape index (κ2) is 18.6. The molecule has 0 bridgehead atoms. The van der Waals surface area contributed by atoms with E-state index in [0.29, 0.717) is 25.9 Å². The molecule has 10 atom stereocenters. The maximum Gasteiger partial charge on any atom is 0.305 e. The van der Waals surface area contributed by atoms with E-state index in [1.165, 1.54) is 7.11 Å². The van der Waals surface area contributed by atoms with Crippen molar-refractivity contribution >= 4 is 28.9 Å². The summed E-state index contributed by atoms with van der Waals surface area (Å²) in [6.07, 6.45) is 5.72. The van der Waals surface area contributed by atoms with Crippen molar-refractivity contribution < 1.29 is 42.1 Å². The third-order valence-electron chi connectivity index (χ3n) is 12.8. The molecule has 0 aromatic carbocycles. The Labute approximate surface area is 318 Å². The topological polar surface area (TPSA) is 98.8 Å². The molecule has 11 heteroatoms.